The van der Waals surface area contributed by atoms with Crippen LogP contribution in [0.5, 0.6) is 0 Å². The van der Waals surface area contributed by atoms with Crippen molar-refractivity contribution < 1.29 is 4.39 Å². The molecule has 21 heavy (non-hydrogen) atoms. The summed E-state index contributed by atoms with van der Waals surface area (Å²) in [5.74, 6) is -0.165. The average molecular weight is 282 g/mol. The van der Waals surface area contributed by atoms with Crippen LogP contribution >= 0.6 is 0 Å². The highest BCUT2D eigenvalue weighted by Gasteiger charge is 2.05. The largest absolute Gasteiger partial charge is 0.350 e. The van der Waals surface area contributed by atoms with Crippen LogP contribution in [0, 0.1) is 5.82 Å². The number of halogens is 1. The molecule has 3 heteroatoms. The van der Waals surface area contributed by atoms with Crippen molar-refractivity contribution in [2.75, 3.05) is 6.54 Å². The monoisotopic (exact) mass is 282 g/mol. The molecule has 1 aromatic heterocycles. The molecule has 0 saturated carbocycles. The molecule has 0 aliphatic rings. The van der Waals surface area contributed by atoms with Gasteiger partial charge in [0.25, 0.3) is 0 Å². The molecule has 3 rings (SSSR count). The molecule has 3 aromatic rings. The van der Waals surface area contributed by atoms with Crippen molar-refractivity contribution in [2.45, 2.75) is 13.0 Å². The van der Waals surface area contributed by atoms with E-state index in [1.807, 2.05) is 6.07 Å². The van der Waals surface area contributed by atoms with Crippen molar-refractivity contribution >= 4 is 10.9 Å². The fraction of sp³-hybridized carbons (Fsp3) is 0.222. The molecular weight excluding hydrogens is 263 g/mol. The number of rotatable bonds is 5. The first-order valence-corrected chi connectivity index (χ1v) is 7.22. The van der Waals surface area contributed by atoms with E-state index in [9.17, 15) is 4.39 Å². The van der Waals surface area contributed by atoms with Crippen LogP contribution < -0.4 is 5.32 Å². The Morgan fingerprint density at radius 1 is 1.10 bits per heavy atom. The van der Waals surface area contributed by atoms with Gasteiger partial charge in [-0.1, -0.05) is 30.3 Å². The Bertz CT molecular complexity index is 746. The van der Waals surface area contributed by atoms with Gasteiger partial charge in [-0.2, -0.15) is 0 Å². The van der Waals surface area contributed by atoms with E-state index in [0.717, 1.165) is 25.1 Å². The van der Waals surface area contributed by atoms with Gasteiger partial charge in [0.15, 0.2) is 0 Å². The Hall–Kier alpha value is -2.13. The highest BCUT2D eigenvalue weighted by Crippen LogP contribution is 2.19. The second kappa shape index (κ2) is 6.10. The maximum Gasteiger partial charge on any atom is 0.123 e. The summed E-state index contributed by atoms with van der Waals surface area (Å²) in [7, 11) is 2.07. The number of hydrogen-bond donors (Lipinski definition) is 1. The number of nitrogens with one attached hydrogen (secondary N) is 1. The summed E-state index contributed by atoms with van der Waals surface area (Å²) in [5, 5.41) is 4.73. The van der Waals surface area contributed by atoms with Crippen molar-refractivity contribution in [2.24, 2.45) is 7.05 Å². The number of benzene rings is 2. The van der Waals surface area contributed by atoms with E-state index in [1.54, 1.807) is 12.1 Å². The number of aromatic nitrogens is 1. The summed E-state index contributed by atoms with van der Waals surface area (Å²) < 4.78 is 15.2. The Balaban J connectivity index is 1.60. The first-order chi connectivity index (χ1) is 10.2. The van der Waals surface area contributed by atoms with Crippen LogP contribution in [0.25, 0.3) is 10.9 Å². The topological polar surface area (TPSA) is 17.0 Å². The second-order valence-electron chi connectivity index (χ2n) is 5.34. The van der Waals surface area contributed by atoms with Crippen molar-refractivity contribution in [3.8, 4) is 0 Å². The van der Waals surface area contributed by atoms with Gasteiger partial charge < -0.3 is 9.88 Å². The molecule has 1 heterocycles. The van der Waals surface area contributed by atoms with Gasteiger partial charge in [0, 0.05) is 30.7 Å². The van der Waals surface area contributed by atoms with Crippen LogP contribution in [-0.4, -0.2) is 11.1 Å². The Morgan fingerprint density at radius 3 is 2.81 bits per heavy atom. The summed E-state index contributed by atoms with van der Waals surface area (Å²) in [4.78, 5) is 0. The molecule has 0 aliphatic heterocycles. The lowest BCUT2D eigenvalue weighted by Crippen LogP contribution is -2.16. The molecule has 0 saturated heterocycles. The molecule has 0 radical (unpaired) electrons. The van der Waals surface area contributed by atoms with Gasteiger partial charge in [0.2, 0.25) is 0 Å². The molecule has 0 atom stereocenters. The Labute approximate surface area is 124 Å². The number of fused-ring (bicyclic) bond motifs is 1. The van der Waals surface area contributed by atoms with E-state index in [-0.39, 0.29) is 5.82 Å². The molecule has 2 aromatic carbocycles. The molecule has 0 aliphatic carbocycles. The van der Waals surface area contributed by atoms with Gasteiger partial charge in [0.05, 0.1) is 0 Å². The summed E-state index contributed by atoms with van der Waals surface area (Å²) in [6.07, 6.45) is 3.00. The smallest absolute Gasteiger partial charge is 0.123 e. The molecule has 0 amide bonds. The zero-order valence-corrected chi connectivity index (χ0v) is 12.1. The fourth-order valence-corrected chi connectivity index (χ4v) is 2.71. The summed E-state index contributed by atoms with van der Waals surface area (Å²) in [6, 6.07) is 15.2. The van der Waals surface area contributed by atoms with Crippen LogP contribution in [0.3, 0.4) is 0 Å². The zero-order chi connectivity index (χ0) is 14.7. The van der Waals surface area contributed by atoms with Gasteiger partial charge in [-0.05, 0) is 42.3 Å². The maximum atomic E-state index is 13.1. The minimum Gasteiger partial charge on any atom is -0.350 e. The Kier molecular flexibility index (Phi) is 4.02. The van der Waals surface area contributed by atoms with Gasteiger partial charge in [-0.3, -0.25) is 0 Å². The van der Waals surface area contributed by atoms with Crippen LogP contribution in [0.2, 0.25) is 0 Å². The summed E-state index contributed by atoms with van der Waals surface area (Å²) in [5.41, 5.74) is 3.58. The molecule has 0 unspecified atom stereocenters. The molecule has 0 spiro atoms. The molecular formula is C18H19FN2. The van der Waals surface area contributed by atoms with E-state index < -0.39 is 0 Å². The molecule has 2 nitrogen and oxygen atoms in total. The predicted octanol–water partition coefficient (Wildman–Crippen LogP) is 3.65. The predicted molar refractivity (Wildman–Crippen MR) is 84.7 cm³/mol. The third-order valence-corrected chi connectivity index (χ3v) is 3.77. The van der Waals surface area contributed by atoms with Gasteiger partial charge in [0.1, 0.15) is 5.82 Å². The molecule has 108 valence electrons. The number of aryl methyl sites for hydroxylation is 1. The lowest BCUT2D eigenvalue weighted by atomic mass is 10.1. The maximum absolute atomic E-state index is 13.1. The van der Waals surface area contributed by atoms with E-state index in [4.69, 9.17) is 0 Å². The second-order valence-corrected chi connectivity index (χ2v) is 5.34. The van der Waals surface area contributed by atoms with Crippen molar-refractivity contribution in [3.05, 3.63) is 71.7 Å². The van der Waals surface area contributed by atoms with E-state index in [1.165, 1.54) is 22.5 Å². The third kappa shape index (κ3) is 3.14. The highest BCUT2D eigenvalue weighted by atomic mass is 19.1. The quantitative estimate of drug-likeness (QED) is 0.707. The van der Waals surface area contributed by atoms with E-state index in [2.05, 4.69) is 47.4 Å². The number of hydrogen-bond acceptors (Lipinski definition) is 1. The summed E-state index contributed by atoms with van der Waals surface area (Å²) in [6.45, 7) is 1.67. The number of para-hydroxylation sites is 1. The first kappa shape index (κ1) is 13.8. The molecule has 0 bridgehead atoms. The van der Waals surface area contributed by atoms with Crippen LogP contribution in [0.15, 0.2) is 54.7 Å². The van der Waals surface area contributed by atoms with E-state index >= 15 is 0 Å². The van der Waals surface area contributed by atoms with Crippen LogP contribution in [0.1, 0.15) is 11.1 Å². The van der Waals surface area contributed by atoms with Crippen molar-refractivity contribution in [3.63, 3.8) is 0 Å². The third-order valence-electron chi connectivity index (χ3n) is 3.77. The minimum absolute atomic E-state index is 0.165. The first-order valence-electron chi connectivity index (χ1n) is 7.22. The Morgan fingerprint density at radius 2 is 1.95 bits per heavy atom. The van der Waals surface area contributed by atoms with Crippen molar-refractivity contribution in [1.29, 1.82) is 0 Å². The van der Waals surface area contributed by atoms with Crippen LogP contribution in [0.4, 0.5) is 4.39 Å². The van der Waals surface area contributed by atoms with Gasteiger partial charge in [-0.25, -0.2) is 4.39 Å². The SMILES string of the molecule is Cn1cc(CNCCc2cccc(F)c2)c2ccccc21. The van der Waals surface area contributed by atoms with Gasteiger partial charge >= 0.3 is 0 Å². The fourth-order valence-electron chi connectivity index (χ4n) is 2.71. The van der Waals surface area contributed by atoms with E-state index in [0.29, 0.717) is 0 Å². The molecule has 1 N–H and O–H groups in total. The highest BCUT2D eigenvalue weighted by molar-refractivity contribution is 5.83. The number of nitrogens with zero attached hydrogens (tertiary/aromatic N) is 1. The van der Waals surface area contributed by atoms with Crippen LogP contribution in [-0.2, 0) is 20.0 Å². The molecule has 0 fully saturated rings. The standard InChI is InChI=1S/C18H19FN2/c1-21-13-15(17-7-2-3-8-18(17)21)12-20-10-9-14-5-4-6-16(19)11-14/h2-8,11,13,20H,9-10,12H2,1H3. The van der Waals surface area contributed by atoms with Crippen molar-refractivity contribution in [1.82, 2.24) is 9.88 Å². The lowest BCUT2D eigenvalue weighted by molar-refractivity contribution is 0.622. The summed E-state index contributed by atoms with van der Waals surface area (Å²) >= 11 is 0. The minimum atomic E-state index is -0.165. The normalized spacial score (nSPS) is 11.1. The average Bonchev–Trinajstić information content (AvgIpc) is 2.81. The van der Waals surface area contributed by atoms with Gasteiger partial charge in [-0.15, -0.1) is 0 Å². The zero-order valence-electron chi connectivity index (χ0n) is 12.1. The lowest BCUT2D eigenvalue weighted by Gasteiger charge is -2.04.